The minimum absolute atomic E-state index is 0. The number of carbonyl (C=O) groups is 1. The van der Waals surface area contributed by atoms with Crippen molar-refractivity contribution in [2.75, 3.05) is 13.2 Å². The Balaban J connectivity index is 0.00000144. The van der Waals surface area contributed by atoms with Gasteiger partial charge in [-0.15, -0.1) is 12.4 Å². The van der Waals surface area contributed by atoms with Crippen LogP contribution in [0.2, 0.25) is 0 Å². The Labute approximate surface area is 109 Å². The number of ether oxygens (including phenoxy) is 1. The second kappa shape index (κ2) is 6.57. The number of halogens is 1. The highest BCUT2D eigenvalue weighted by molar-refractivity contribution is 5.85. The van der Waals surface area contributed by atoms with Gasteiger partial charge in [0.1, 0.15) is 0 Å². The molecule has 2 rings (SSSR count). The summed E-state index contributed by atoms with van der Waals surface area (Å²) < 4.78 is 5.43. The zero-order chi connectivity index (χ0) is 11.5. The summed E-state index contributed by atoms with van der Waals surface area (Å²) in [5.74, 6) is 0.285. The van der Waals surface area contributed by atoms with Gasteiger partial charge in [0.05, 0.1) is 12.0 Å². The van der Waals surface area contributed by atoms with Crippen molar-refractivity contribution in [1.29, 1.82) is 0 Å². The molecule has 2 fully saturated rings. The van der Waals surface area contributed by atoms with Crippen molar-refractivity contribution in [3.05, 3.63) is 0 Å². The quantitative estimate of drug-likeness (QED) is 0.798. The molecule has 4 unspecified atom stereocenters. The Morgan fingerprint density at radius 1 is 1.53 bits per heavy atom. The molecule has 2 aliphatic rings. The van der Waals surface area contributed by atoms with E-state index in [0.29, 0.717) is 18.7 Å². The standard InChI is InChI=1S/C12H22N2O2.ClH/c1-3-16-11-7-9(11)12(15)14-10-5-4-6-13-8(10)2;/h8-11,13H,3-7H2,1-2H3,(H,14,15);1H. The molecule has 0 radical (unpaired) electrons. The van der Waals surface area contributed by atoms with Crippen LogP contribution < -0.4 is 10.6 Å². The van der Waals surface area contributed by atoms with Gasteiger partial charge in [0.2, 0.25) is 5.91 Å². The van der Waals surface area contributed by atoms with Gasteiger partial charge in [0.25, 0.3) is 0 Å². The first-order valence-electron chi connectivity index (χ1n) is 6.37. The Kier molecular flexibility index (Phi) is 5.70. The molecule has 5 heteroatoms. The third-order valence-corrected chi connectivity index (χ3v) is 3.54. The number of hydrogen-bond donors (Lipinski definition) is 2. The van der Waals surface area contributed by atoms with E-state index in [-0.39, 0.29) is 30.3 Å². The van der Waals surface area contributed by atoms with Crippen molar-refractivity contribution < 1.29 is 9.53 Å². The van der Waals surface area contributed by atoms with Gasteiger partial charge in [-0.25, -0.2) is 0 Å². The predicted octanol–water partition coefficient (Wildman–Crippen LogP) is 1.09. The van der Waals surface area contributed by atoms with Gasteiger partial charge in [-0.3, -0.25) is 4.79 Å². The third-order valence-electron chi connectivity index (χ3n) is 3.54. The van der Waals surface area contributed by atoms with E-state index in [0.717, 1.165) is 25.8 Å². The highest BCUT2D eigenvalue weighted by atomic mass is 35.5. The summed E-state index contributed by atoms with van der Waals surface area (Å²) in [6.07, 6.45) is 3.31. The number of nitrogens with one attached hydrogen (secondary N) is 2. The number of carbonyl (C=O) groups excluding carboxylic acids is 1. The second-order valence-corrected chi connectivity index (χ2v) is 4.84. The topological polar surface area (TPSA) is 50.4 Å². The summed E-state index contributed by atoms with van der Waals surface area (Å²) >= 11 is 0. The van der Waals surface area contributed by atoms with Crippen molar-refractivity contribution in [2.45, 2.75) is 51.3 Å². The lowest BCUT2D eigenvalue weighted by molar-refractivity contribution is -0.124. The van der Waals surface area contributed by atoms with Gasteiger partial charge < -0.3 is 15.4 Å². The molecule has 0 aromatic heterocycles. The largest absolute Gasteiger partial charge is 0.378 e. The van der Waals surface area contributed by atoms with Crippen molar-refractivity contribution in [3.63, 3.8) is 0 Å². The van der Waals surface area contributed by atoms with Crippen LogP contribution in [0.4, 0.5) is 0 Å². The van der Waals surface area contributed by atoms with Gasteiger partial charge in [0, 0.05) is 18.7 Å². The molecular weight excluding hydrogens is 240 g/mol. The lowest BCUT2D eigenvalue weighted by Crippen LogP contribution is -2.52. The molecule has 0 aromatic carbocycles. The summed E-state index contributed by atoms with van der Waals surface area (Å²) in [4.78, 5) is 11.9. The number of rotatable bonds is 4. The lowest BCUT2D eigenvalue weighted by Gasteiger charge is -2.30. The zero-order valence-corrected chi connectivity index (χ0v) is 11.4. The first kappa shape index (κ1) is 14.7. The fourth-order valence-corrected chi connectivity index (χ4v) is 2.38. The number of amides is 1. The Hall–Kier alpha value is -0.320. The molecule has 0 aromatic rings. The Morgan fingerprint density at radius 3 is 2.94 bits per heavy atom. The molecular formula is C12H23ClN2O2. The molecule has 0 spiro atoms. The van der Waals surface area contributed by atoms with E-state index in [1.54, 1.807) is 0 Å². The van der Waals surface area contributed by atoms with Crippen LogP contribution in [-0.2, 0) is 9.53 Å². The highest BCUT2D eigenvalue weighted by Gasteiger charge is 2.44. The van der Waals surface area contributed by atoms with Crippen molar-refractivity contribution in [3.8, 4) is 0 Å². The second-order valence-electron chi connectivity index (χ2n) is 4.84. The van der Waals surface area contributed by atoms with Gasteiger partial charge in [-0.2, -0.15) is 0 Å². The van der Waals surface area contributed by atoms with E-state index in [1.165, 1.54) is 0 Å². The summed E-state index contributed by atoms with van der Waals surface area (Å²) in [6, 6.07) is 0.686. The maximum atomic E-state index is 11.9. The van der Waals surface area contributed by atoms with Crippen LogP contribution in [0.5, 0.6) is 0 Å². The molecule has 2 N–H and O–H groups in total. The van der Waals surface area contributed by atoms with Crippen LogP contribution >= 0.6 is 12.4 Å². The summed E-state index contributed by atoms with van der Waals surface area (Å²) in [6.45, 7) is 5.88. The molecule has 4 atom stereocenters. The van der Waals surface area contributed by atoms with Crippen LogP contribution in [-0.4, -0.2) is 37.2 Å². The average Bonchev–Trinajstić information content (AvgIpc) is 3.01. The monoisotopic (exact) mass is 262 g/mol. The summed E-state index contributed by atoms with van der Waals surface area (Å²) in [5, 5.41) is 6.52. The minimum Gasteiger partial charge on any atom is -0.378 e. The normalized spacial score (nSPS) is 35.9. The Morgan fingerprint density at radius 2 is 2.29 bits per heavy atom. The summed E-state index contributed by atoms with van der Waals surface area (Å²) in [5.41, 5.74) is 0. The fraction of sp³-hybridized carbons (Fsp3) is 0.917. The van der Waals surface area contributed by atoms with Crippen molar-refractivity contribution in [2.24, 2.45) is 5.92 Å². The van der Waals surface area contributed by atoms with Gasteiger partial charge >= 0.3 is 0 Å². The van der Waals surface area contributed by atoms with Gasteiger partial charge in [-0.05, 0) is 39.7 Å². The van der Waals surface area contributed by atoms with E-state index in [1.807, 2.05) is 6.92 Å². The maximum Gasteiger partial charge on any atom is 0.226 e. The maximum absolute atomic E-state index is 11.9. The average molecular weight is 263 g/mol. The molecule has 4 nitrogen and oxygen atoms in total. The SMILES string of the molecule is CCOC1CC1C(=O)NC1CCCNC1C.Cl. The van der Waals surface area contributed by atoms with E-state index in [9.17, 15) is 4.79 Å². The van der Waals surface area contributed by atoms with Gasteiger partial charge in [0.15, 0.2) is 0 Å². The minimum atomic E-state index is 0. The Bertz CT molecular complexity index is 263. The van der Waals surface area contributed by atoms with Crippen LogP contribution in [0.15, 0.2) is 0 Å². The molecule has 1 aliphatic heterocycles. The first-order chi connectivity index (χ1) is 7.72. The van der Waals surface area contributed by atoms with Crippen LogP contribution in [0, 0.1) is 5.92 Å². The number of hydrogen-bond acceptors (Lipinski definition) is 3. The van der Waals surface area contributed by atoms with E-state index in [4.69, 9.17) is 4.74 Å². The fourth-order valence-electron chi connectivity index (χ4n) is 2.38. The predicted molar refractivity (Wildman–Crippen MR) is 69.4 cm³/mol. The third kappa shape index (κ3) is 3.83. The molecule has 1 saturated heterocycles. The van der Waals surface area contributed by atoms with E-state index < -0.39 is 0 Å². The molecule has 17 heavy (non-hydrogen) atoms. The molecule has 100 valence electrons. The molecule has 1 saturated carbocycles. The van der Waals surface area contributed by atoms with Crippen LogP contribution in [0.3, 0.4) is 0 Å². The van der Waals surface area contributed by atoms with E-state index in [2.05, 4.69) is 17.6 Å². The zero-order valence-electron chi connectivity index (χ0n) is 10.6. The molecule has 1 aliphatic carbocycles. The van der Waals surface area contributed by atoms with E-state index >= 15 is 0 Å². The number of piperidine rings is 1. The first-order valence-corrected chi connectivity index (χ1v) is 6.37. The van der Waals surface area contributed by atoms with Crippen LogP contribution in [0.1, 0.15) is 33.1 Å². The van der Waals surface area contributed by atoms with Gasteiger partial charge in [-0.1, -0.05) is 0 Å². The van der Waals surface area contributed by atoms with Crippen molar-refractivity contribution >= 4 is 18.3 Å². The molecule has 1 amide bonds. The smallest absolute Gasteiger partial charge is 0.226 e. The van der Waals surface area contributed by atoms with Crippen molar-refractivity contribution in [1.82, 2.24) is 10.6 Å². The molecule has 1 heterocycles. The lowest BCUT2D eigenvalue weighted by atomic mass is 10.00. The highest BCUT2D eigenvalue weighted by Crippen LogP contribution is 2.34. The van der Waals surface area contributed by atoms with Crippen LogP contribution in [0.25, 0.3) is 0 Å². The summed E-state index contributed by atoms with van der Waals surface area (Å²) in [7, 11) is 0. The molecule has 0 bridgehead atoms.